The van der Waals surface area contributed by atoms with Crippen molar-refractivity contribution < 1.29 is 31.5 Å². The Morgan fingerprint density at radius 1 is 1.14 bits per heavy atom. The Balaban J connectivity index is 1.88. The van der Waals surface area contributed by atoms with Gasteiger partial charge in [-0.2, -0.15) is 13.2 Å². The quantitative estimate of drug-likeness (QED) is 0.651. The van der Waals surface area contributed by atoms with Crippen LogP contribution in [0, 0.1) is 11.6 Å². The number of carbonyl (C=O) groups excluding carboxylic acids is 1. The second kappa shape index (κ2) is 7.49. The first-order chi connectivity index (χ1) is 13.6. The van der Waals surface area contributed by atoms with Crippen molar-refractivity contribution in [3.8, 4) is 17.1 Å². The van der Waals surface area contributed by atoms with Crippen LogP contribution in [0.3, 0.4) is 0 Å². The predicted molar refractivity (Wildman–Crippen MR) is 90.6 cm³/mol. The van der Waals surface area contributed by atoms with Crippen LogP contribution in [-0.2, 0) is 19.8 Å². The molecule has 2 aromatic carbocycles. The summed E-state index contributed by atoms with van der Waals surface area (Å²) < 4.78 is 73.9. The minimum absolute atomic E-state index is 0.0229. The van der Waals surface area contributed by atoms with Crippen molar-refractivity contribution in [2.75, 3.05) is 0 Å². The second-order valence-electron chi connectivity index (χ2n) is 5.96. The summed E-state index contributed by atoms with van der Waals surface area (Å²) in [6, 6.07) is 6.23. The van der Waals surface area contributed by atoms with Gasteiger partial charge < -0.3 is 15.0 Å². The lowest BCUT2D eigenvalue weighted by Gasteiger charge is -2.12. The Bertz CT molecular complexity index is 1060. The third-order valence-electron chi connectivity index (χ3n) is 4.07. The molecule has 3 rings (SSSR count). The first-order valence-electron chi connectivity index (χ1n) is 8.06. The number of amides is 1. The molecule has 0 saturated carbocycles. The zero-order chi connectivity index (χ0) is 21.3. The topological polar surface area (TPSA) is 83.0 Å². The Morgan fingerprint density at radius 2 is 1.76 bits per heavy atom. The first-order valence-corrected chi connectivity index (χ1v) is 8.06. The van der Waals surface area contributed by atoms with E-state index in [0.29, 0.717) is 12.1 Å². The average Bonchev–Trinajstić information content (AvgIpc) is 3.00. The summed E-state index contributed by atoms with van der Waals surface area (Å²) in [5, 5.41) is 7.48. The maximum absolute atomic E-state index is 14.0. The standard InChI is InChI=1S/C18H13F5N4O2/c1-27-14(8-29-15-12(19)6-9(16(24)28)7-13(15)20)25-26-17(27)10-4-2-3-5-11(10)18(21,22)23/h2-7H,8H2,1H3,(H2,24,28). The lowest BCUT2D eigenvalue weighted by Crippen LogP contribution is -2.13. The maximum Gasteiger partial charge on any atom is 0.417 e. The monoisotopic (exact) mass is 412 g/mol. The van der Waals surface area contributed by atoms with E-state index in [-0.39, 0.29) is 22.8 Å². The Kier molecular flexibility index (Phi) is 5.23. The lowest BCUT2D eigenvalue weighted by atomic mass is 10.1. The SMILES string of the molecule is Cn1c(COc2c(F)cc(C(N)=O)cc2F)nnc1-c1ccccc1C(F)(F)F. The predicted octanol–water partition coefficient (Wildman–Crippen LogP) is 3.46. The Hall–Kier alpha value is -3.50. The van der Waals surface area contributed by atoms with Gasteiger partial charge in [0.1, 0.15) is 6.61 Å². The molecule has 0 aliphatic heterocycles. The fraction of sp³-hybridized carbons (Fsp3) is 0.167. The number of halogens is 5. The third kappa shape index (κ3) is 4.03. The largest absolute Gasteiger partial charge is 0.479 e. The van der Waals surface area contributed by atoms with Crippen LogP contribution in [0.25, 0.3) is 11.4 Å². The molecule has 0 radical (unpaired) electrons. The van der Waals surface area contributed by atoms with Gasteiger partial charge in [0.05, 0.1) is 5.56 Å². The van der Waals surface area contributed by atoms with E-state index in [2.05, 4.69) is 10.2 Å². The van der Waals surface area contributed by atoms with E-state index in [9.17, 15) is 26.7 Å². The molecule has 0 spiro atoms. The number of benzene rings is 2. The maximum atomic E-state index is 14.0. The molecule has 2 N–H and O–H groups in total. The van der Waals surface area contributed by atoms with Gasteiger partial charge in [-0.1, -0.05) is 18.2 Å². The van der Waals surface area contributed by atoms with Gasteiger partial charge >= 0.3 is 6.18 Å². The van der Waals surface area contributed by atoms with E-state index >= 15 is 0 Å². The van der Waals surface area contributed by atoms with Crippen molar-refractivity contribution in [1.82, 2.24) is 14.8 Å². The molecule has 0 aliphatic carbocycles. The van der Waals surface area contributed by atoms with Crippen LogP contribution in [0.5, 0.6) is 5.75 Å². The van der Waals surface area contributed by atoms with Crippen LogP contribution in [-0.4, -0.2) is 20.7 Å². The van der Waals surface area contributed by atoms with Gasteiger partial charge in [0.2, 0.25) is 5.91 Å². The molecule has 3 aromatic rings. The second-order valence-corrected chi connectivity index (χ2v) is 5.96. The molecule has 0 unspecified atom stereocenters. The molecule has 1 aromatic heterocycles. The molecule has 0 aliphatic rings. The highest BCUT2D eigenvalue weighted by molar-refractivity contribution is 5.92. The zero-order valence-corrected chi connectivity index (χ0v) is 14.8. The van der Waals surface area contributed by atoms with E-state index in [1.165, 1.54) is 29.8 Å². The minimum Gasteiger partial charge on any atom is -0.479 e. The first kappa shape index (κ1) is 20.2. The summed E-state index contributed by atoms with van der Waals surface area (Å²) in [7, 11) is 1.39. The number of ether oxygens (including phenoxy) is 1. The lowest BCUT2D eigenvalue weighted by molar-refractivity contribution is -0.137. The van der Waals surface area contributed by atoms with Gasteiger partial charge in [-0.05, 0) is 18.2 Å². The average molecular weight is 412 g/mol. The molecular weight excluding hydrogens is 399 g/mol. The van der Waals surface area contributed by atoms with E-state index in [1.807, 2.05) is 0 Å². The number of hydrogen-bond donors (Lipinski definition) is 1. The summed E-state index contributed by atoms with van der Waals surface area (Å²) in [5.74, 6) is -4.20. The number of hydrogen-bond acceptors (Lipinski definition) is 4. The number of nitrogens with two attached hydrogens (primary N) is 1. The van der Waals surface area contributed by atoms with Crippen LogP contribution in [0.1, 0.15) is 21.7 Å². The van der Waals surface area contributed by atoms with E-state index < -0.39 is 41.6 Å². The molecule has 6 nitrogen and oxygen atoms in total. The van der Waals surface area contributed by atoms with Crippen LogP contribution in [0.2, 0.25) is 0 Å². The van der Waals surface area contributed by atoms with Crippen LogP contribution >= 0.6 is 0 Å². The molecule has 1 heterocycles. The van der Waals surface area contributed by atoms with E-state index in [1.54, 1.807) is 0 Å². The fourth-order valence-corrected chi connectivity index (χ4v) is 2.62. The summed E-state index contributed by atoms with van der Waals surface area (Å²) in [5.41, 5.74) is 3.49. The highest BCUT2D eigenvalue weighted by Gasteiger charge is 2.34. The fourth-order valence-electron chi connectivity index (χ4n) is 2.62. The number of aromatic nitrogens is 3. The van der Waals surface area contributed by atoms with E-state index in [0.717, 1.165) is 6.07 Å². The van der Waals surface area contributed by atoms with Crippen molar-refractivity contribution in [2.24, 2.45) is 12.8 Å². The number of nitrogens with zero attached hydrogens (tertiary/aromatic N) is 3. The normalized spacial score (nSPS) is 11.5. The molecule has 152 valence electrons. The number of primary amides is 1. The van der Waals surface area contributed by atoms with Crippen molar-refractivity contribution in [3.05, 3.63) is 65.0 Å². The summed E-state index contributed by atoms with van der Waals surface area (Å²) in [6.45, 7) is -0.485. The van der Waals surface area contributed by atoms with Crippen molar-refractivity contribution in [2.45, 2.75) is 12.8 Å². The van der Waals surface area contributed by atoms with Crippen LogP contribution in [0.4, 0.5) is 22.0 Å². The van der Waals surface area contributed by atoms with Crippen molar-refractivity contribution in [1.29, 1.82) is 0 Å². The Labute approximate surface area is 160 Å². The van der Waals surface area contributed by atoms with Gasteiger partial charge in [-0.25, -0.2) is 8.78 Å². The molecule has 0 fully saturated rings. The van der Waals surface area contributed by atoms with Crippen LogP contribution < -0.4 is 10.5 Å². The summed E-state index contributed by atoms with van der Waals surface area (Å²) in [6.07, 6.45) is -4.60. The van der Waals surface area contributed by atoms with Gasteiger partial charge in [0.15, 0.2) is 29.0 Å². The Morgan fingerprint density at radius 3 is 2.34 bits per heavy atom. The molecule has 0 bridgehead atoms. The minimum atomic E-state index is -4.60. The highest BCUT2D eigenvalue weighted by Crippen LogP contribution is 2.36. The molecular formula is C18H13F5N4O2. The zero-order valence-electron chi connectivity index (χ0n) is 14.8. The van der Waals surface area contributed by atoms with Crippen LogP contribution in [0.15, 0.2) is 36.4 Å². The molecule has 29 heavy (non-hydrogen) atoms. The number of alkyl halides is 3. The molecule has 0 atom stereocenters. The molecule has 0 saturated heterocycles. The number of rotatable bonds is 5. The molecule has 11 heteroatoms. The van der Waals surface area contributed by atoms with Gasteiger partial charge in [0.25, 0.3) is 0 Å². The van der Waals surface area contributed by atoms with E-state index in [4.69, 9.17) is 10.5 Å². The third-order valence-corrected chi connectivity index (χ3v) is 4.07. The smallest absolute Gasteiger partial charge is 0.417 e. The number of carbonyl (C=O) groups is 1. The highest BCUT2D eigenvalue weighted by atomic mass is 19.4. The molecule has 1 amide bonds. The van der Waals surface area contributed by atoms with Gasteiger partial charge in [-0.3, -0.25) is 4.79 Å². The van der Waals surface area contributed by atoms with Gasteiger partial charge in [0, 0.05) is 18.2 Å². The van der Waals surface area contributed by atoms with Gasteiger partial charge in [-0.15, -0.1) is 10.2 Å². The van der Waals surface area contributed by atoms with Crippen molar-refractivity contribution in [3.63, 3.8) is 0 Å². The van der Waals surface area contributed by atoms with Crippen molar-refractivity contribution >= 4 is 5.91 Å². The summed E-state index contributed by atoms with van der Waals surface area (Å²) >= 11 is 0. The summed E-state index contributed by atoms with van der Waals surface area (Å²) in [4.78, 5) is 11.0.